The van der Waals surface area contributed by atoms with Gasteiger partial charge in [-0.15, -0.1) is 0 Å². The summed E-state index contributed by atoms with van der Waals surface area (Å²) in [6, 6.07) is 61.7. The highest BCUT2D eigenvalue weighted by molar-refractivity contribution is 5.88. The Labute approximate surface area is 523 Å². The third kappa shape index (κ3) is 16.2. The molecule has 0 saturated heterocycles. The van der Waals surface area contributed by atoms with Gasteiger partial charge in [0.1, 0.15) is 34.5 Å². The predicted molar refractivity (Wildman–Crippen MR) is 374 cm³/mol. The van der Waals surface area contributed by atoms with E-state index in [0.717, 1.165) is 56.8 Å². The molecule has 0 amide bonds. The van der Waals surface area contributed by atoms with Crippen molar-refractivity contribution in [2.75, 3.05) is 0 Å². The van der Waals surface area contributed by atoms with E-state index in [9.17, 15) is 0 Å². The molecule has 10 aromatic rings. The number of aryl methyl sites for hydroxylation is 15. The standard InChI is InChI=1S/2C33H36O.C18H22O/c2*1-20(2)27-18-31(29-11-9-21(3)14-25(29)7)33(34-28-16-23(5)13-24(6)17-28)32(19-27)30-12-10-22(4)15-26(30)8;1-12(2)16-6-8-17(9-7-16)19-18-14(4)10-13(3)11-15(18)5/h2*9-20H,1-8H3;6-12H,1-5H3. The Hall–Kier alpha value is -8.40. The molecule has 0 radical (unpaired) electrons. The van der Waals surface area contributed by atoms with Crippen LogP contribution < -0.4 is 14.2 Å². The Bertz CT molecular complexity index is 3670. The fourth-order valence-electron chi connectivity index (χ4n) is 12.0. The minimum absolute atomic E-state index is 0.407. The highest BCUT2D eigenvalue weighted by Crippen LogP contribution is 2.48. The first kappa shape index (κ1) is 64.6. The second-order valence-electron chi connectivity index (χ2n) is 25.9. The summed E-state index contributed by atoms with van der Waals surface area (Å²) in [5, 5.41) is 0. The fourth-order valence-corrected chi connectivity index (χ4v) is 12.0. The van der Waals surface area contributed by atoms with Gasteiger partial charge in [-0.25, -0.2) is 0 Å². The van der Waals surface area contributed by atoms with Crippen LogP contribution in [0.1, 0.15) is 159 Å². The van der Waals surface area contributed by atoms with Gasteiger partial charge >= 0.3 is 0 Å². The normalized spacial score (nSPS) is 11.1. The lowest BCUT2D eigenvalue weighted by Gasteiger charge is -2.22. The van der Waals surface area contributed by atoms with Crippen LogP contribution in [0.2, 0.25) is 0 Å². The van der Waals surface area contributed by atoms with E-state index in [1.807, 2.05) is 12.1 Å². The summed E-state index contributed by atoms with van der Waals surface area (Å²) in [6.07, 6.45) is 0. The van der Waals surface area contributed by atoms with Crippen molar-refractivity contribution in [1.29, 1.82) is 0 Å². The summed E-state index contributed by atoms with van der Waals surface area (Å²) in [5.41, 5.74) is 32.1. The molecule has 10 aromatic carbocycles. The minimum Gasteiger partial charge on any atom is -0.457 e. The van der Waals surface area contributed by atoms with Gasteiger partial charge in [0.15, 0.2) is 0 Å². The van der Waals surface area contributed by atoms with Crippen LogP contribution in [0, 0.1) is 104 Å². The second-order valence-corrected chi connectivity index (χ2v) is 25.9. The average molecular weight is 1150 g/mol. The molecular formula is C84H94O3. The lowest BCUT2D eigenvalue weighted by Crippen LogP contribution is -1.99. The van der Waals surface area contributed by atoms with Gasteiger partial charge in [-0.1, -0.05) is 179 Å². The summed E-state index contributed by atoms with van der Waals surface area (Å²) in [6.45, 7) is 45.6. The third-order valence-corrected chi connectivity index (χ3v) is 16.4. The maximum absolute atomic E-state index is 6.82. The Morgan fingerprint density at radius 1 is 0.195 bits per heavy atom. The van der Waals surface area contributed by atoms with Crippen LogP contribution in [-0.2, 0) is 0 Å². The Balaban J connectivity index is 0.000000177. The summed E-state index contributed by atoms with van der Waals surface area (Å²) < 4.78 is 19.7. The number of hydrogen-bond acceptors (Lipinski definition) is 3. The smallest absolute Gasteiger partial charge is 0.143 e. The largest absolute Gasteiger partial charge is 0.457 e. The van der Waals surface area contributed by atoms with Crippen LogP contribution in [0.3, 0.4) is 0 Å². The molecule has 0 aliphatic carbocycles. The van der Waals surface area contributed by atoms with Gasteiger partial charge < -0.3 is 14.2 Å². The monoisotopic (exact) mass is 1150 g/mol. The average Bonchev–Trinajstić information content (AvgIpc) is 0.909. The zero-order chi connectivity index (χ0) is 63.1. The van der Waals surface area contributed by atoms with Gasteiger partial charge in [0.25, 0.3) is 0 Å². The predicted octanol–water partition coefficient (Wildman–Crippen LogP) is 25.1. The number of hydrogen-bond donors (Lipinski definition) is 0. The molecule has 0 fully saturated rings. The van der Waals surface area contributed by atoms with Gasteiger partial charge in [0.2, 0.25) is 0 Å². The molecule has 0 unspecified atom stereocenters. The molecule has 0 aliphatic rings. The van der Waals surface area contributed by atoms with E-state index in [4.69, 9.17) is 14.2 Å². The van der Waals surface area contributed by atoms with Gasteiger partial charge in [0, 0.05) is 22.3 Å². The van der Waals surface area contributed by atoms with Gasteiger partial charge in [-0.3, -0.25) is 0 Å². The number of ether oxygens (including phenoxy) is 3. The molecule has 0 heterocycles. The molecule has 0 saturated carbocycles. The van der Waals surface area contributed by atoms with E-state index in [-0.39, 0.29) is 0 Å². The zero-order valence-electron chi connectivity index (χ0n) is 56.1. The quantitative estimate of drug-likeness (QED) is 0.115. The highest BCUT2D eigenvalue weighted by Gasteiger charge is 2.23. The Kier molecular flexibility index (Phi) is 20.8. The third-order valence-electron chi connectivity index (χ3n) is 16.4. The van der Waals surface area contributed by atoms with Crippen LogP contribution in [-0.4, -0.2) is 0 Å². The fraction of sp³-hybridized carbons (Fsp3) is 0.286. The lowest BCUT2D eigenvalue weighted by atomic mass is 9.87. The first-order valence-electron chi connectivity index (χ1n) is 31.3. The van der Waals surface area contributed by atoms with E-state index in [0.29, 0.717) is 17.8 Å². The van der Waals surface area contributed by atoms with Crippen LogP contribution in [0.4, 0.5) is 0 Å². The molecule has 0 aliphatic heterocycles. The molecule has 0 atom stereocenters. The van der Waals surface area contributed by atoms with Crippen molar-refractivity contribution in [3.63, 3.8) is 0 Å². The van der Waals surface area contributed by atoms with Crippen LogP contribution >= 0.6 is 0 Å². The SMILES string of the molecule is Cc1cc(C)c(Oc2ccc(C(C)C)cc2)c(C)c1.Cc1cc(C)cc(Oc2c(-c3ccc(C)cc3C)cc(C(C)C)cc2-c2ccc(C)cc2C)c1.Cc1cc(C)cc(Oc2c(-c3ccc(C)cc3C)cc(C(C)C)cc2-c2ccc(C)cc2C)c1. The van der Waals surface area contributed by atoms with Crippen molar-refractivity contribution in [2.24, 2.45) is 0 Å². The lowest BCUT2D eigenvalue weighted by molar-refractivity contribution is 0.474. The van der Waals surface area contributed by atoms with Crippen molar-refractivity contribution in [2.45, 2.75) is 163 Å². The molecular weight excluding hydrogens is 1060 g/mol. The molecule has 0 spiro atoms. The highest BCUT2D eigenvalue weighted by atomic mass is 16.5. The first-order valence-corrected chi connectivity index (χ1v) is 31.3. The van der Waals surface area contributed by atoms with Gasteiger partial charge in [-0.05, 0) is 277 Å². The topological polar surface area (TPSA) is 27.7 Å². The summed E-state index contributed by atoms with van der Waals surface area (Å²) in [7, 11) is 0. The molecule has 0 bridgehead atoms. The minimum atomic E-state index is 0.407. The molecule has 3 nitrogen and oxygen atoms in total. The molecule has 87 heavy (non-hydrogen) atoms. The van der Waals surface area contributed by atoms with Gasteiger partial charge in [-0.2, -0.15) is 0 Å². The summed E-state index contributed by atoms with van der Waals surface area (Å²) >= 11 is 0. The van der Waals surface area contributed by atoms with Crippen molar-refractivity contribution in [3.05, 3.63) is 270 Å². The summed E-state index contributed by atoms with van der Waals surface area (Å²) in [5.74, 6) is 6.85. The number of rotatable bonds is 13. The molecule has 0 N–H and O–H groups in total. The van der Waals surface area contributed by atoms with Crippen LogP contribution in [0.5, 0.6) is 34.5 Å². The van der Waals surface area contributed by atoms with Crippen molar-refractivity contribution in [1.82, 2.24) is 0 Å². The maximum Gasteiger partial charge on any atom is 0.143 e. The van der Waals surface area contributed by atoms with Crippen molar-refractivity contribution >= 4 is 0 Å². The first-order chi connectivity index (χ1) is 41.2. The molecule has 0 aromatic heterocycles. The Morgan fingerprint density at radius 3 is 0.713 bits per heavy atom. The van der Waals surface area contributed by atoms with E-state index >= 15 is 0 Å². The molecule has 3 heteroatoms. The Morgan fingerprint density at radius 2 is 0.448 bits per heavy atom. The van der Waals surface area contributed by atoms with E-state index < -0.39 is 0 Å². The second kappa shape index (κ2) is 28.0. The van der Waals surface area contributed by atoms with E-state index in [1.165, 1.54) is 122 Å². The van der Waals surface area contributed by atoms with Crippen molar-refractivity contribution < 1.29 is 14.2 Å². The van der Waals surface area contributed by atoms with Crippen molar-refractivity contribution in [3.8, 4) is 79.0 Å². The molecule has 10 rings (SSSR count). The molecule has 448 valence electrons. The van der Waals surface area contributed by atoms with E-state index in [2.05, 4.69) is 303 Å². The summed E-state index contributed by atoms with van der Waals surface area (Å²) in [4.78, 5) is 0. The number of benzene rings is 10. The van der Waals surface area contributed by atoms with Crippen LogP contribution in [0.15, 0.2) is 170 Å². The van der Waals surface area contributed by atoms with Crippen LogP contribution in [0.25, 0.3) is 44.5 Å². The van der Waals surface area contributed by atoms with E-state index in [1.54, 1.807) is 0 Å². The maximum atomic E-state index is 6.82. The van der Waals surface area contributed by atoms with Gasteiger partial charge in [0.05, 0.1) is 0 Å². The zero-order valence-corrected chi connectivity index (χ0v) is 56.1.